The van der Waals surface area contributed by atoms with Gasteiger partial charge in [-0.05, 0) is 42.8 Å². The quantitative estimate of drug-likeness (QED) is 0.625. The van der Waals surface area contributed by atoms with Crippen LogP contribution < -0.4 is 19.5 Å². The average Bonchev–Trinajstić information content (AvgIpc) is 2.70. The van der Waals surface area contributed by atoms with Gasteiger partial charge < -0.3 is 14.8 Å². The van der Waals surface area contributed by atoms with E-state index < -0.39 is 10.0 Å². The summed E-state index contributed by atoms with van der Waals surface area (Å²) in [4.78, 5) is 4.33. The molecule has 0 bridgehead atoms. The number of rotatable bonds is 7. The number of nitrogens with zero attached hydrogens (tertiary/aromatic N) is 1. The Morgan fingerprint density at radius 3 is 2.32 bits per heavy atom. The maximum atomic E-state index is 12.6. The van der Waals surface area contributed by atoms with E-state index in [1.807, 2.05) is 31.2 Å². The zero-order valence-electron chi connectivity index (χ0n) is 15.8. The highest BCUT2D eigenvalue weighted by atomic mass is 32.2. The molecule has 3 rings (SSSR count). The topological polar surface area (TPSA) is 89.6 Å². The second-order valence-electron chi connectivity index (χ2n) is 5.99. The molecule has 0 aliphatic carbocycles. The first-order valence-corrected chi connectivity index (χ1v) is 9.95. The number of aryl methyl sites for hydroxylation is 1. The van der Waals surface area contributed by atoms with Gasteiger partial charge >= 0.3 is 0 Å². The Kier molecular flexibility index (Phi) is 5.70. The molecule has 1 heterocycles. The highest BCUT2D eigenvalue weighted by molar-refractivity contribution is 7.92. The first-order chi connectivity index (χ1) is 13.4. The number of ether oxygens (including phenoxy) is 2. The van der Waals surface area contributed by atoms with Gasteiger partial charge in [0.15, 0.2) is 11.5 Å². The van der Waals surface area contributed by atoms with Crippen LogP contribution in [0.5, 0.6) is 11.5 Å². The van der Waals surface area contributed by atoms with Crippen LogP contribution in [0.1, 0.15) is 5.56 Å². The van der Waals surface area contributed by atoms with Gasteiger partial charge in [-0.1, -0.05) is 18.2 Å². The molecule has 0 radical (unpaired) electrons. The van der Waals surface area contributed by atoms with Crippen LogP contribution >= 0.6 is 0 Å². The lowest BCUT2D eigenvalue weighted by Gasteiger charge is -2.12. The van der Waals surface area contributed by atoms with Gasteiger partial charge in [0, 0.05) is 11.8 Å². The van der Waals surface area contributed by atoms with E-state index in [0.717, 1.165) is 11.3 Å². The summed E-state index contributed by atoms with van der Waals surface area (Å²) < 4.78 is 38.1. The Balaban J connectivity index is 1.77. The molecule has 2 N–H and O–H groups in total. The van der Waals surface area contributed by atoms with Crippen molar-refractivity contribution in [1.82, 2.24) is 4.98 Å². The lowest BCUT2D eigenvalue weighted by atomic mass is 10.2. The van der Waals surface area contributed by atoms with Gasteiger partial charge in [0.2, 0.25) is 0 Å². The Labute approximate surface area is 164 Å². The predicted molar refractivity (Wildman–Crippen MR) is 109 cm³/mol. The number of anilines is 3. The number of benzene rings is 2. The Morgan fingerprint density at radius 2 is 1.68 bits per heavy atom. The van der Waals surface area contributed by atoms with Gasteiger partial charge in [-0.3, -0.25) is 4.72 Å². The minimum Gasteiger partial charge on any atom is -0.493 e. The zero-order chi connectivity index (χ0) is 20.1. The molecule has 0 atom stereocenters. The molecule has 0 saturated carbocycles. The predicted octanol–water partition coefficient (Wildman–Crippen LogP) is 3.95. The van der Waals surface area contributed by atoms with Crippen molar-refractivity contribution >= 4 is 27.2 Å². The Bertz CT molecular complexity index is 1070. The van der Waals surface area contributed by atoms with Gasteiger partial charge in [-0.25, -0.2) is 13.4 Å². The van der Waals surface area contributed by atoms with E-state index >= 15 is 0 Å². The Morgan fingerprint density at radius 1 is 0.929 bits per heavy atom. The van der Waals surface area contributed by atoms with E-state index in [-0.39, 0.29) is 4.90 Å². The molecule has 1 aromatic heterocycles. The molecule has 7 nitrogen and oxygen atoms in total. The minimum absolute atomic E-state index is 0.0623. The summed E-state index contributed by atoms with van der Waals surface area (Å²) in [7, 11) is -0.857. The van der Waals surface area contributed by atoms with Crippen LogP contribution in [0.25, 0.3) is 0 Å². The Hall–Kier alpha value is -3.26. The van der Waals surface area contributed by atoms with Crippen LogP contribution in [-0.2, 0) is 10.0 Å². The zero-order valence-corrected chi connectivity index (χ0v) is 16.6. The van der Waals surface area contributed by atoms with Crippen molar-refractivity contribution in [1.29, 1.82) is 0 Å². The summed E-state index contributed by atoms with van der Waals surface area (Å²) in [6, 6.07) is 15.6. The molecule has 0 spiro atoms. The van der Waals surface area contributed by atoms with Crippen molar-refractivity contribution < 1.29 is 17.9 Å². The molecule has 0 amide bonds. The first-order valence-electron chi connectivity index (χ1n) is 8.46. The third kappa shape index (κ3) is 4.34. The SMILES string of the molecule is COc1ccc(S(=O)(=O)Nc2ccc(Nc3ccccc3C)nc2)cc1OC. The number of methoxy groups -OCH3 is 2. The number of sulfonamides is 1. The van der Waals surface area contributed by atoms with Crippen LogP contribution in [0.3, 0.4) is 0 Å². The van der Waals surface area contributed by atoms with Gasteiger partial charge in [-0.15, -0.1) is 0 Å². The standard InChI is InChI=1S/C20H21N3O4S/c1-14-6-4-5-7-17(14)22-20-11-8-15(13-21-20)23-28(24,25)16-9-10-18(26-2)19(12-16)27-3/h4-13,23H,1-3H3,(H,21,22). The summed E-state index contributed by atoms with van der Waals surface area (Å²) in [5, 5.41) is 3.20. The molecular weight excluding hydrogens is 378 g/mol. The van der Waals surface area contributed by atoms with E-state index in [9.17, 15) is 8.42 Å². The van der Waals surface area contributed by atoms with E-state index in [0.29, 0.717) is 23.0 Å². The van der Waals surface area contributed by atoms with Crippen molar-refractivity contribution in [3.8, 4) is 11.5 Å². The lowest BCUT2D eigenvalue weighted by Crippen LogP contribution is -2.13. The summed E-state index contributed by atoms with van der Waals surface area (Å²) in [5.74, 6) is 1.40. The fourth-order valence-corrected chi connectivity index (χ4v) is 3.64. The maximum absolute atomic E-state index is 12.6. The second-order valence-corrected chi connectivity index (χ2v) is 7.68. The maximum Gasteiger partial charge on any atom is 0.262 e. The monoisotopic (exact) mass is 399 g/mol. The summed E-state index contributed by atoms with van der Waals surface area (Å²) in [6.07, 6.45) is 1.46. The number of nitrogens with one attached hydrogen (secondary N) is 2. The highest BCUT2D eigenvalue weighted by Gasteiger charge is 2.17. The van der Waals surface area contributed by atoms with Crippen LogP contribution in [0.4, 0.5) is 17.2 Å². The molecule has 0 fully saturated rings. The third-order valence-electron chi connectivity index (χ3n) is 4.09. The molecule has 2 aromatic carbocycles. The van der Waals surface area contributed by atoms with Gasteiger partial charge in [0.25, 0.3) is 10.0 Å². The lowest BCUT2D eigenvalue weighted by molar-refractivity contribution is 0.354. The van der Waals surface area contributed by atoms with Gasteiger partial charge in [-0.2, -0.15) is 0 Å². The molecule has 28 heavy (non-hydrogen) atoms. The van der Waals surface area contributed by atoms with Crippen molar-refractivity contribution in [2.75, 3.05) is 24.3 Å². The van der Waals surface area contributed by atoms with E-state index in [1.165, 1.54) is 32.5 Å². The average molecular weight is 399 g/mol. The normalized spacial score (nSPS) is 11.0. The molecule has 0 aliphatic rings. The van der Waals surface area contributed by atoms with E-state index in [1.54, 1.807) is 18.2 Å². The fourth-order valence-electron chi connectivity index (χ4n) is 2.58. The number of pyridine rings is 1. The minimum atomic E-state index is -3.80. The van der Waals surface area contributed by atoms with Crippen molar-refractivity contribution in [2.45, 2.75) is 11.8 Å². The summed E-state index contributed by atoms with van der Waals surface area (Å²) >= 11 is 0. The van der Waals surface area contributed by atoms with Crippen LogP contribution in [0.15, 0.2) is 65.7 Å². The van der Waals surface area contributed by atoms with Gasteiger partial charge in [0.05, 0.1) is 31.0 Å². The van der Waals surface area contributed by atoms with Crippen molar-refractivity contribution in [3.05, 3.63) is 66.4 Å². The van der Waals surface area contributed by atoms with Gasteiger partial charge in [0.1, 0.15) is 5.82 Å². The molecule has 146 valence electrons. The van der Waals surface area contributed by atoms with Crippen LogP contribution in [0.2, 0.25) is 0 Å². The van der Waals surface area contributed by atoms with E-state index in [2.05, 4.69) is 15.0 Å². The molecule has 3 aromatic rings. The second kappa shape index (κ2) is 8.18. The highest BCUT2D eigenvalue weighted by Crippen LogP contribution is 2.30. The molecule has 0 aliphatic heterocycles. The molecule has 8 heteroatoms. The van der Waals surface area contributed by atoms with E-state index in [4.69, 9.17) is 9.47 Å². The number of hydrogen-bond acceptors (Lipinski definition) is 6. The number of aromatic nitrogens is 1. The third-order valence-corrected chi connectivity index (χ3v) is 5.47. The first kappa shape index (κ1) is 19.5. The number of para-hydroxylation sites is 1. The molecule has 0 unspecified atom stereocenters. The largest absolute Gasteiger partial charge is 0.493 e. The number of hydrogen-bond donors (Lipinski definition) is 2. The van der Waals surface area contributed by atoms with Crippen molar-refractivity contribution in [3.63, 3.8) is 0 Å². The van der Waals surface area contributed by atoms with Crippen LogP contribution in [-0.4, -0.2) is 27.6 Å². The molecule has 0 saturated heterocycles. The molecular formula is C20H21N3O4S. The summed E-state index contributed by atoms with van der Waals surface area (Å²) in [5.41, 5.74) is 2.38. The summed E-state index contributed by atoms with van der Waals surface area (Å²) in [6.45, 7) is 1.99. The van der Waals surface area contributed by atoms with Crippen LogP contribution in [0, 0.1) is 6.92 Å². The van der Waals surface area contributed by atoms with Crippen molar-refractivity contribution in [2.24, 2.45) is 0 Å². The smallest absolute Gasteiger partial charge is 0.262 e. The fraction of sp³-hybridized carbons (Fsp3) is 0.150.